The third-order valence-electron chi connectivity index (χ3n) is 3.25. The van der Waals surface area contributed by atoms with Crippen LogP contribution in [0.2, 0.25) is 10.3 Å². The normalized spacial score (nSPS) is 17.7. The zero-order valence-electron chi connectivity index (χ0n) is 9.47. The molecule has 0 unspecified atom stereocenters. The topological polar surface area (TPSA) is 25.8 Å². The molecule has 88 valence electrons. The summed E-state index contributed by atoms with van der Waals surface area (Å²) in [7, 11) is 0. The SMILES string of the molecule is CCc1c(Cl)nc(C2CCCCC2)nc1Cl. The van der Waals surface area contributed by atoms with Crippen molar-refractivity contribution >= 4 is 23.2 Å². The number of halogens is 2. The quantitative estimate of drug-likeness (QED) is 0.736. The van der Waals surface area contributed by atoms with Gasteiger partial charge in [-0.3, -0.25) is 0 Å². The van der Waals surface area contributed by atoms with Crippen molar-refractivity contribution in [3.63, 3.8) is 0 Å². The molecule has 1 aromatic rings. The van der Waals surface area contributed by atoms with Crippen molar-refractivity contribution in [1.29, 1.82) is 0 Å². The Labute approximate surface area is 106 Å². The highest BCUT2D eigenvalue weighted by Gasteiger charge is 2.20. The molecule has 0 radical (unpaired) electrons. The first-order valence-corrected chi connectivity index (χ1v) is 6.69. The Balaban J connectivity index is 2.28. The average molecular weight is 259 g/mol. The van der Waals surface area contributed by atoms with Crippen LogP contribution < -0.4 is 0 Å². The molecule has 0 amide bonds. The van der Waals surface area contributed by atoms with Crippen LogP contribution in [-0.2, 0) is 6.42 Å². The van der Waals surface area contributed by atoms with Gasteiger partial charge in [0.1, 0.15) is 16.1 Å². The largest absolute Gasteiger partial charge is 0.221 e. The first kappa shape index (κ1) is 12.1. The maximum Gasteiger partial charge on any atom is 0.137 e. The van der Waals surface area contributed by atoms with Crippen molar-refractivity contribution in [3.05, 3.63) is 21.7 Å². The molecule has 1 saturated carbocycles. The molecule has 1 heterocycles. The summed E-state index contributed by atoms with van der Waals surface area (Å²) >= 11 is 12.2. The average Bonchev–Trinajstić information content (AvgIpc) is 2.30. The number of aromatic nitrogens is 2. The van der Waals surface area contributed by atoms with E-state index < -0.39 is 0 Å². The van der Waals surface area contributed by atoms with E-state index in [9.17, 15) is 0 Å². The number of nitrogens with zero attached hydrogens (tertiary/aromatic N) is 2. The predicted molar refractivity (Wildman–Crippen MR) is 67.3 cm³/mol. The number of hydrogen-bond acceptors (Lipinski definition) is 2. The summed E-state index contributed by atoms with van der Waals surface area (Å²) in [6, 6.07) is 0. The molecule has 1 fully saturated rings. The van der Waals surface area contributed by atoms with Crippen molar-refractivity contribution < 1.29 is 0 Å². The third kappa shape index (κ3) is 2.49. The highest BCUT2D eigenvalue weighted by Crippen LogP contribution is 2.33. The van der Waals surface area contributed by atoms with E-state index in [1.54, 1.807) is 0 Å². The van der Waals surface area contributed by atoms with Crippen LogP contribution in [0.25, 0.3) is 0 Å². The predicted octanol–water partition coefficient (Wildman–Crippen LogP) is 4.39. The number of rotatable bonds is 2. The van der Waals surface area contributed by atoms with Gasteiger partial charge in [0.2, 0.25) is 0 Å². The van der Waals surface area contributed by atoms with Crippen molar-refractivity contribution in [2.45, 2.75) is 51.4 Å². The summed E-state index contributed by atoms with van der Waals surface area (Å²) in [5.41, 5.74) is 0.864. The van der Waals surface area contributed by atoms with Crippen LogP contribution in [0.15, 0.2) is 0 Å². The molecular formula is C12H16Cl2N2. The van der Waals surface area contributed by atoms with Crippen molar-refractivity contribution in [3.8, 4) is 0 Å². The van der Waals surface area contributed by atoms with Crippen molar-refractivity contribution in [1.82, 2.24) is 9.97 Å². The van der Waals surface area contributed by atoms with E-state index >= 15 is 0 Å². The van der Waals surface area contributed by atoms with E-state index in [2.05, 4.69) is 9.97 Å². The zero-order chi connectivity index (χ0) is 11.5. The lowest BCUT2D eigenvalue weighted by Gasteiger charge is -2.20. The molecule has 0 spiro atoms. The van der Waals surface area contributed by atoms with E-state index in [1.807, 2.05) is 6.92 Å². The van der Waals surface area contributed by atoms with Gasteiger partial charge in [-0.2, -0.15) is 0 Å². The Bertz CT molecular complexity index is 350. The van der Waals surface area contributed by atoms with E-state index in [0.29, 0.717) is 16.2 Å². The molecule has 16 heavy (non-hydrogen) atoms. The number of hydrogen-bond donors (Lipinski definition) is 0. The fourth-order valence-electron chi connectivity index (χ4n) is 2.28. The summed E-state index contributed by atoms with van der Waals surface area (Å²) in [4.78, 5) is 8.80. The minimum Gasteiger partial charge on any atom is -0.221 e. The third-order valence-corrected chi connectivity index (χ3v) is 3.87. The lowest BCUT2D eigenvalue weighted by atomic mass is 9.89. The minimum absolute atomic E-state index is 0.453. The Morgan fingerprint density at radius 1 is 1.06 bits per heavy atom. The molecule has 1 aliphatic rings. The Morgan fingerprint density at radius 2 is 1.62 bits per heavy atom. The van der Waals surface area contributed by atoms with Crippen molar-refractivity contribution in [2.75, 3.05) is 0 Å². The van der Waals surface area contributed by atoms with Crippen LogP contribution in [0.3, 0.4) is 0 Å². The van der Waals surface area contributed by atoms with Crippen LogP contribution in [0.5, 0.6) is 0 Å². The standard InChI is InChI=1S/C12H16Cl2N2/c1-2-9-10(13)15-12(16-11(9)14)8-6-4-3-5-7-8/h8H,2-7H2,1H3. The van der Waals surface area contributed by atoms with Gasteiger partial charge in [-0.25, -0.2) is 9.97 Å². The van der Waals surface area contributed by atoms with Crippen LogP contribution in [0.4, 0.5) is 0 Å². The van der Waals surface area contributed by atoms with E-state index in [0.717, 1.165) is 30.7 Å². The minimum atomic E-state index is 0.453. The smallest absolute Gasteiger partial charge is 0.137 e. The molecule has 0 N–H and O–H groups in total. The molecule has 2 rings (SSSR count). The molecule has 0 aromatic carbocycles. The van der Waals surface area contributed by atoms with E-state index in [4.69, 9.17) is 23.2 Å². The maximum absolute atomic E-state index is 6.12. The summed E-state index contributed by atoms with van der Waals surface area (Å²) in [6.45, 7) is 2.01. The van der Waals surface area contributed by atoms with Gasteiger partial charge in [0.25, 0.3) is 0 Å². The van der Waals surface area contributed by atoms with Gasteiger partial charge in [-0.05, 0) is 19.3 Å². The Kier molecular flexibility index (Phi) is 4.04. The highest BCUT2D eigenvalue weighted by molar-refractivity contribution is 6.34. The first-order chi connectivity index (χ1) is 7.72. The summed E-state index contributed by atoms with van der Waals surface area (Å²) in [5, 5.41) is 1.06. The second-order valence-corrected chi connectivity index (χ2v) is 5.05. The van der Waals surface area contributed by atoms with E-state index in [-0.39, 0.29) is 0 Å². The van der Waals surface area contributed by atoms with Gasteiger partial charge in [0.05, 0.1) is 0 Å². The molecule has 1 aliphatic carbocycles. The van der Waals surface area contributed by atoms with Gasteiger partial charge in [-0.15, -0.1) is 0 Å². The summed E-state index contributed by atoms with van der Waals surface area (Å²) < 4.78 is 0. The monoisotopic (exact) mass is 258 g/mol. The zero-order valence-corrected chi connectivity index (χ0v) is 11.0. The van der Waals surface area contributed by atoms with E-state index in [1.165, 1.54) is 19.3 Å². The van der Waals surface area contributed by atoms with Gasteiger partial charge in [-0.1, -0.05) is 49.4 Å². The molecule has 0 aliphatic heterocycles. The Hall–Kier alpha value is -0.340. The molecular weight excluding hydrogens is 243 g/mol. The van der Waals surface area contributed by atoms with Crippen molar-refractivity contribution in [2.24, 2.45) is 0 Å². The van der Waals surface area contributed by atoms with Gasteiger partial charge < -0.3 is 0 Å². The molecule has 4 heteroatoms. The highest BCUT2D eigenvalue weighted by atomic mass is 35.5. The molecule has 0 saturated heterocycles. The van der Waals surface area contributed by atoms with Crippen LogP contribution in [0.1, 0.15) is 56.3 Å². The van der Waals surface area contributed by atoms with Crippen LogP contribution in [-0.4, -0.2) is 9.97 Å². The van der Waals surface area contributed by atoms with Crippen LogP contribution in [0, 0.1) is 0 Å². The van der Waals surface area contributed by atoms with Gasteiger partial charge >= 0.3 is 0 Å². The summed E-state index contributed by atoms with van der Waals surface area (Å²) in [5.74, 6) is 1.29. The Morgan fingerprint density at radius 3 is 2.12 bits per heavy atom. The molecule has 1 aromatic heterocycles. The van der Waals surface area contributed by atoms with Crippen LogP contribution >= 0.6 is 23.2 Å². The maximum atomic E-state index is 6.12. The fourth-order valence-corrected chi connectivity index (χ4v) is 2.95. The molecule has 0 bridgehead atoms. The molecule has 2 nitrogen and oxygen atoms in total. The van der Waals surface area contributed by atoms with Gasteiger partial charge in [0.15, 0.2) is 0 Å². The van der Waals surface area contributed by atoms with Gasteiger partial charge in [0, 0.05) is 11.5 Å². The second kappa shape index (κ2) is 5.33. The lowest BCUT2D eigenvalue weighted by molar-refractivity contribution is 0.428. The molecule has 0 atom stereocenters. The second-order valence-electron chi connectivity index (χ2n) is 4.33. The lowest BCUT2D eigenvalue weighted by Crippen LogP contribution is -2.10. The first-order valence-electron chi connectivity index (χ1n) is 5.94. The summed E-state index contributed by atoms with van der Waals surface area (Å²) in [6.07, 6.45) is 6.96. The fraction of sp³-hybridized carbons (Fsp3) is 0.667.